The standard InChI is InChI=1S/C21H26.2C13H26.4C11H22.2C9H16F2/c1-20(16-10-5-11-17-20)21(2,18-12-6-3-7-13-18)19-14-8-4-9-15-19;2*1-5-12(3,6-2)13(4)10-8-7-9-11-13;4*1-10(2,3)11(4)8-6-5-7-9-11;2*1-8(9(2,10)11)6-4-3-5-7-8/h3-4,6-9,12-15H,5,10-11,16-17H2,1-2H3;2*5-11H2,1-4H3;4*5-9H2,1-4H3;2*3-7H2,1-2H3/i;;;1D3;;;;;. The van der Waals surface area contributed by atoms with Gasteiger partial charge in [0.05, 0.1) is 0 Å². The van der Waals surface area contributed by atoms with Crippen LogP contribution in [0.1, 0.15) is 537 Å². The molecule has 0 nitrogen and oxygen atoms in total. The van der Waals surface area contributed by atoms with Gasteiger partial charge in [-0.2, -0.15) is 0 Å². The van der Waals surface area contributed by atoms with Crippen molar-refractivity contribution in [3.05, 3.63) is 71.8 Å². The Morgan fingerprint density at radius 3 is 0.531 bits per heavy atom. The summed E-state index contributed by atoms with van der Waals surface area (Å²) in [5.41, 5.74) is 7.18. The first kappa shape index (κ1) is 100.0. The Bertz CT molecular complexity index is 2630. The van der Waals surface area contributed by atoms with Crippen LogP contribution < -0.4 is 0 Å². The molecule has 0 spiro atoms. The fraction of sp³-hybridized carbons (Fsp3) is 0.890. The fourth-order valence-corrected chi connectivity index (χ4v) is 22.1. The molecule has 0 bridgehead atoms. The van der Waals surface area contributed by atoms with E-state index in [0.29, 0.717) is 85.2 Å². The van der Waals surface area contributed by atoms with Crippen molar-refractivity contribution < 1.29 is 21.7 Å². The van der Waals surface area contributed by atoms with E-state index >= 15 is 0 Å². The highest BCUT2D eigenvalue weighted by atomic mass is 19.3. The molecule has 9 saturated carbocycles. The molecular weight excluding hydrogens is 1390 g/mol. The predicted molar refractivity (Wildman–Crippen MR) is 497 cm³/mol. The second-order valence-corrected chi connectivity index (χ2v) is 46.6. The largest absolute Gasteiger partial charge is 0.250 e. The van der Waals surface area contributed by atoms with Gasteiger partial charge in [0.2, 0.25) is 0 Å². The van der Waals surface area contributed by atoms with E-state index in [0.717, 1.165) is 65.2 Å². The smallest absolute Gasteiger partial charge is 0.207 e. The minimum Gasteiger partial charge on any atom is -0.207 e. The number of hydrogen-bond acceptors (Lipinski definition) is 0. The van der Waals surface area contributed by atoms with Crippen molar-refractivity contribution in [2.75, 3.05) is 0 Å². The van der Waals surface area contributed by atoms with Crippen LogP contribution in [-0.2, 0) is 5.41 Å². The van der Waals surface area contributed by atoms with Crippen molar-refractivity contribution in [1.82, 2.24) is 0 Å². The Kier molecular flexibility index (Phi) is 39.6. The molecule has 2 aromatic carbocycles. The van der Waals surface area contributed by atoms with Crippen LogP contribution in [0.25, 0.3) is 0 Å². The van der Waals surface area contributed by atoms with E-state index < -0.39 is 34.9 Å². The lowest BCUT2D eigenvalue weighted by Crippen LogP contribution is -2.43. The molecule has 0 N–H and O–H groups in total. The van der Waals surface area contributed by atoms with E-state index in [1.54, 1.807) is 13.8 Å². The molecule has 2 aromatic rings. The number of alkyl halides is 4. The summed E-state index contributed by atoms with van der Waals surface area (Å²) in [4.78, 5) is 0. The SMILES string of the molecule is CC(C)(C)C1(C)CCCCC1.CC(C)(C)C1(C)CCCCC1.CC(C)(C)C1(C)CCCCC1.CC(F)(F)C1(C)CCCCC1.CC(F)(F)C1(C)CCCCC1.CC1(C(C)(c2ccccc2)c2ccccc2)CCCCC1.CCC(C)(CC)C1(C)CCCCC1.CCC(C)(CC)C1(C)CCCCC1.[2H]C([2H])([2H])C(C)(C)C1(C)CCCCC1. The zero-order valence-corrected chi connectivity index (χ0v) is 81.4. The maximum absolute atomic E-state index is 13.0. The lowest BCUT2D eigenvalue weighted by atomic mass is 9.54. The first-order valence-electron chi connectivity index (χ1n) is 50.2. The third-order valence-corrected chi connectivity index (χ3v) is 36.6. The molecule has 0 radical (unpaired) electrons. The Balaban J connectivity index is 0.000000341. The van der Waals surface area contributed by atoms with Crippen LogP contribution >= 0.6 is 0 Å². The van der Waals surface area contributed by atoms with Gasteiger partial charge < -0.3 is 0 Å². The van der Waals surface area contributed by atoms with Gasteiger partial charge in [0.25, 0.3) is 11.8 Å². The van der Waals surface area contributed by atoms with Gasteiger partial charge >= 0.3 is 0 Å². The second kappa shape index (κ2) is 44.8. The second-order valence-electron chi connectivity index (χ2n) is 46.6. The number of rotatable bonds is 11. The summed E-state index contributed by atoms with van der Waals surface area (Å²) in [7, 11) is 0. The topological polar surface area (TPSA) is 0 Å². The average Bonchev–Trinajstić information content (AvgIpc) is 0.739. The van der Waals surface area contributed by atoms with Gasteiger partial charge in [0.1, 0.15) is 0 Å². The maximum Gasteiger partial charge on any atom is 0.250 e. The predicted octanol–water partition coefficient (Wildman–Crippen LogP) is 38.8. The van der Waals surface area contributed by atoms with Crippen LogP contribution in [0.4, 0.5) is 17.6 Å². The lowest BCUT2D eigenvalue weighted by Gasteiger charge is -2.50. The highest BCUT2D eigenvalue weighted by Crippen LogP contribution is 2.59. The zero-order chi connectivity index (χ0) is 88.4. The first-order valence-corrected chi connectivity index (χ1v) is 48.7. The Morgan fingerprint density at radius 1 is 0.230 bits per heavy atom. The molecule has 9 aliphatic rings. The molecule has 0 amide bonds. The van der Waals surface area contributed by atoms with Crippen molar-refractivity contribution in [2.24, 2.45) is 81.2 Å². The van der Waals surface area contributed by atoms with Gasteiger partial charge in [-0.25, -0.2) is 17.6 Å². The average molecular weight is 1590 g/mol. The summed E-state index contributed by atoms with van der Waals surface area (Å²) in [6.45, 7) is 63.0. The molecule has 9 fully saturated rings. The molecule has 0 saturated heterocycles. The molecule has 662 valence electrons. The Morgan fingerprint density at radius 2 is 0.389 bits per heavy atom. The van der Waals surface area contributed by atoms with Crippen molar-refractivity contribution >= 4 is 0 Å². The molecule has 0 unspecified atom stereocenters. The molecule has 0 atom stereocenters. The molecule has 11 rings (SSSR count). The summed E-state index contributed by atoms with van der Waals surface area (Å²) in [5.74, 6) is -4.99. The Hall–Kier alpha value is -1.84. The van der Waals surface area contributed by atoms with Crippen LogP contribution in [0.2, 0.25) is 0 Å². The first-order chi connectivity index (χ1) is 53.3. The molecule has 0 heterocycles. The van der Waals surface area contributed by atoms with Crippen molar-refractivity contribution in [3.8, 4) is 0 Å². The quantitative estimate of drug-likeness (QED) is 0.197. The number of hydrogen-bond donors (Lipinski definition) is 0. The minimum absolute atomic E-state index is 0.00347. The zero-order valence-electron chi connectivity index (χ0n) is 84.4. The summed E-state index contributed by atoms with van der Waals surface area (Å²) >= 11 is 0. The lowest BCUT2D eigenvalue weighted by molar-refractivity contribution is -0.114. The van der Waals surface area contributed by atoms with Crippen LogP contribution in [-0.4, -0.2) is 11.8 Å². The summed E-state index contributed by atoms with van der Waals surface area (Å²) in [6, 6.07) is 22.2. The van der Waals surface area contributed by atoms with Gasteiger partial charge in [-0.3, -0.25) is 0 Å². The molecule has 4 heteroatoms. The van der Waals surface area contributed by atoms with E-state index in [2.05, 4.69) is 220 Å². The van der Waals surface area contributed by atoms with Crippen LogP contribution in [0.5, 0.6) is 0 Å². The highest BCUT2D eigenvalue weighted by molar-refractivity contribution is 5.41. The fourth-order valence-electron chi connectivity index (χ4n) is 22.1. The highest BCUT2D eigenvalue weighted by Gasteiger charge is 2.51. The van der Waals surface area contributed by atoms with Crippen LogP contribution in [0, 0.1) is 81.2 Å². The van der Waals surface area contributed by atoms with E-state index in [1.165, 1.54) is 249 Å². The minimum atomic E-state index is -2.49. The number of benzene rings is 2. The third kappa shape index (κ3) is 29.5. The van der Waals surface area contributed by atoms with Crippen molar-refractivity contribution in [1.29, 1.82) is 0 Å². The van der Waals surface area contributed by atoms with Gasteiger partial charge in [0.15, 0.2) is 0 Å². The summed E-state index contributed by atoms with van der Waals surface area (Å²) < 4.78 is 74.9. The number of halogens is 4. The third-order valence-electron chi connectivity index (χ3n) is 36.6. The van der Waals surface area contributed by atoms with Gasteiger partial charge in [-0.05, 0) is 211 Å². The van der Waals surface area contributed by atoms with Crippen LogP contribution in [0.15, 0.2) is 60.7 Å². The monoisotopic (exact) mass is 1590 g/mol. The maximum atomic E-state index is 13.0. The van der Waals surface area contributed by atoms with E-state index in [9.17, 15) is 17.6 Å². The molecule has 0 aliphatic heterocycles. The molecule has 113 heavy (non-hydrogen) atoms. The summed E-state index contributed by atoms with van der Waals surface area (Å²) in [5, 5.41) is 0. The van der Waals surface area contributed by atoms with Gasteiger partial charge in [-0.1, -0.05) is 454 Å². The summed E-state index contributed by atoms with van der Waals surface area (Å²) in [6.07, 6.45) is 63.3. The molecule has 9 aliphatic carbocycles. The van der Waals surface area contributed by atoms with Crippen molar-refractivity contribution in [3.63, 3.8) is 0 Å². The van der Waals surface area contributed by atoms with E-state index in [-0.39, 0.29) is 10.8 Å². The normalized spacial score (nSPS) is 23.9. The van der Waals surface area contributed by atoms with E-state index in [1.807, 2.05) is 13.8 Å². The van der Waals surface area contributed by atoms with Gasteiger partial charge in [0, 0.05) is 20.4 Å². The van der Waals surface area contributed by atoms with Crippen molar-refractivity contribution in [2.45, 2.75) is 540 Å². The van der Waals surface area contributed by atoms with Gasteiger partial charge in [-0.15, -0.1) is 0 Å². The van der Waals surface area contributed by atoms with E-state index in [4.69, 9.17) is 4.11 Å². The molecular formula is C109H198F4. The molecule has 0 aromatic heterocycles. The van der Waals surface area contributed by atoms with Crippen LogP contribution in [0.3, 0.4) is 0 Å². The Labute approximate surface area is 710 Å².